The summed E-state index contributed by atoms with van der Waals surface area (Å²) in [5.74, 6) is -0.360. The fourth-order valence-corrected chi connectivity index (χ4v) is 2.48. The van der Waals surface area contributed by atoms with Gasteiger partial charge in [0.25, 0.3) is 5.91 Å². The van der Waals surface area contributed by atoms with Crippen molar-refractivity contribution in [3.63, 3.8) is 0 Å². The maximum absolute atomic E-state index is 12.6. The monoisotopic (exact) mass is 321 g/mol. The largest absolute Gasteiger partial charge is 0.398 e. The second-order valence-corrected chi connectivity index (χ2v) is 5.66. The number of nitriles is 1. The second-order valence-electron chi connectivity index (χ2n) is 5.66. The summed E-state index contributed by atoms with van der Waals surface area (Å²) in [6.07, 6.45) is 0. The average Bonchev–Trinajstić information content (AvgIpc) is 2.52. The summed E-state index contributed by atoms with van der Waals surface area (Å²) >= 11 is 0. The van der Waals surface area contributed by atoms with E-state index in [4.69, 9.17) is 11.1 Å². The number of nitrogens with one attached hydrogen (secondary N) is 2. The van der Waals surface area contributed by atoms with Crippen molar-refractivity contribution in [3.8, 4) is 6.07 Å². The number of hydrogen-bond acceptors (Lipinski definition) is 5. The summed E-state index contributed by atoms with van der Waals surface area (Å²) in [6, 6.07) is 7.11. The van der Waals surface area contributed by atoms with Gasteiger partial charge in [0.15, 0.2) is 0 Å². The van der Waals surface area contributed by atoms with E-state index in [1.165, 1.54) is 0 Å². The molecule has 0 atom stereocenters. The maximum Gasteiger partial charge on any atom is 0.274 e. The summed E-state index contributed by atoms with van der Waals surface area (Å²) in [4.78, 5) is 16.8. The van der Waals surface area contributed by atoms with Crippen molar-refractivity contribution in [2.24, 2.45) is 0 Å². The Labute approximate surface area is 140 Å². The van der Waals surface area contributed by atoms with Gasteiger partial charge in [-0.15, -0.1) is 0 Å². The number of carbonyl (C=O) groups is 1. The molecule has 0 bridgehead atoms. The number of benzene rings is 1. The van der Waals surface area contributed by atoms with Crippen LogP contribution in [0.2, 0.25) is 0 Å². The Bertz CT molecular complexity index is 893. The van der Waals surface area contributed by atoms with E-state index < -0.39 is 0 Å². The molecule has 1 aromatic carbocycles. The van der Waals surface area contributed by atoms with Gasteiger partial charge in [0.2, 0.25) is 0 Å². The van der Waals surface area contributed by atoms with Crippen LogP contribution in [0.4, 0.5) is 11.4 Å². The van der Waals surface area contributed by atoms with Crippen LogP contribution < -0.4 is 11.1 Å². The third kappa shape index (κ3) is 3.10. The zero-order valence-corrected chi connectivity index (χ0v) is 14.1. The number of aryl methyl sites for hydroxylation is 1. The van der Waals surface area contributed by atoms with Gasteiger partial charge in [0, 0.05) is 22.6 Å². The van der Waals surface area contributed by atoms with Gasteiger partial charge in [-0.1, -0.05) is 0 Å². The van der Waals surface area contributed by atoms with Crippen molar-refractivity contribution in [1.82, 2.24) is 4.98 Å². The summed E-state index contributed by atoms with van der Waals surface area (Å²) in [6.45, 7) is 6.92. The molecule has 122 valence electrons. The summed E-state index contributed by atoms with van der Waals surface area (Å²) in [7, 11) is 0. The molecule has 6 heteroatoms. The Hall–Kier alpha value is -3.20. The van der Waals surface area contributed by atoms with E-state index in [2.05, 4.69) is 16.4 Å². The Balaban J connectivity index is 2.40. The van der Waals surface area contributed by atoms with E-state index in [1.54, 1.807) is 45.9 Å². The number of amides is 1. The van der Waals surface area contributed by atoms with Crippen LogP contribution in [0.3, 0.4) is 0 Å². The molecule has 0 spiro atoms. The first-order chi connectivity index (χ1) is 11.3. The molecule has 1 heterocycles. The molecule has 0 saturated carbocycles. The Morgan fingerprint density at radius 3 is 2.54 bits per heavy atom. The minimum absolute atomic E-state index is 0.286. The molecule has 1 aromatic heterocycles. The van der Waals surface area contributed by atoms with Crippen LogP contribution >= 0.6 is 0 Å². The lowest BCUT2D eigenvalue weighted by Crippen LogP contribution is -2.18. The van der Waals surface area contributed by atoms with E-state index >= 15 is 0 Å². The zero-order chi connectivity index (χ0) is 18.0. The Morgan fingerprint density at radius 1 is 1.29 bits per heavy atom. The number of nitrogens with zero attached hydrogens (tertiary/aromatic N) is 2. The minimum atomic E-state index is -0.360. The van der Waals surface area contributed by atoms with Crippen molar-refractivity contribution in [2.45, 2.75) is 27.7 Å². The number of anilines is 2. The molecule has 0 fully saturated rings. The third-order valence-corrected chi connectivity index (χ3v) is 3.98. The van der Waals surface area contributed by atoms with E-state index in [0.29, 0.717) is 39.5 Å². The van der Waals surface area contributed by atoms with Crippen LogP contribution in [0, 0.1) is 37.5 Å². The van der Waals surface area contributed by atoms with E-state index in [9.17, 15) is 10.1 Å². The van der Waals surface area contributed by atoms with Gasteiger partial charge < -0.3 is 16.5 Å². The van der Waals surface area contributed by atoms with Gasteiger partial charge in [-0.25, -0.2) is 4.98 Å². The summed E-state index contributed by atoms with van der Waals surface area (Å²) < 4.78 is 0. The lowest BCUT2D eigenvalue weighted by atomic mass is 10.0. The minimum Gasteiger partial charge on any atom is -0.398 e. The summed E-state index contributed by atoms with van der Waals surface area (Å²) in [5.41, 5.74) is 10.5. The van der Waals surface area contributed by atoms with Crippen molar-refractivity contribution < 1.29 is 4.79 Å². The molecule has 1 amide bonds. The molecule has 0 saturated heterocycles. The van der Waals surface area contributed by atoms with E-state index in [-0.39, 0.29) is 11.6 Å². The van der Waals surface area contributed by atoms with Crippen molar-refractivity contribution in [3.05, 3.63) is 51.8 Å². The van der Waals surface area contributed by atoms with Crippen LogP contribution in [0.25, 0.3) is 0 Å². The molecule has 24 heavy (non-hydrogen) atoms. The maximum atomic E-state index is 12.6. The fourth-order valence-electron chi connectivity index (χ4n) is 2.48. The number of hydrogen-bond donors (Lipinski definition) is 3. The first-order valence-electron chi connectivity index (χ1n) is 7.40. The standard InChI is InChI=1S/C18H19N5O/c1-9-10(2)17(22-12(4)15(9)8-19)18(24)23-13-5-6-16(21)14(7-13)11(3)20/h5-7,20H,21H2,1-4H3,(H,23,24). The summed E-state index contributed by atoms with van der Waals surface area (Å²) in [5, 5.41) is 19.7. The number of rotatable bonds is 3. The van der Waals surface area contributed by atoms with Gasteiger partial charge in [-0.2, -0.15) is 5.26 Å². The molecular weight excluding hydrogens is 302 g/mol. The number of pyridine rings is 1. The lowest BCUT2D eigenvalue weighted by molar-refractivity contribution is 0.102. The van der Waals surface area contributed by atoms with Crippen molar-refractivity contribution in [2.75, 3.05) is 11.1 Å². The highest BCUT2D eigenvalue weighted by Gasteiger charge is 2.17. The fraction of sp³-hybridized carbons (Fsp3) is 0.222. The highest BCUT2D eigenvalue weighted by molar-refractivity contribution is 6.06. The van der Waals surface area contributed by atoms with Gasteiger partial charge in [-0.05, 0) is 57.0 Å². The quantitative estimate of drug-likeness (QED) is 0.595. The molecule has 0 aliphatic heterocycles. The van der Waals surface area contributed by atoms with Crippen LogP contribution in [-0.4, -0.2) is 16.6 Å². The first-order valence-corrected chi connectivity index (χ1v) is 7.40. The smallest absolute Gasteiger partial charge is 0.274 e. The lowest BCUT2D eigenvalue weighted by Gasteiger charge is -2.13. The number of aromatic nitrogens is 1. The molecule has 2 aromatic rings. The SMILES string of the molecule is CC(=N)c1cc(NC(=O)c2nc(C)c(C#N)c(C)c2C)ccc1N. The molecule has 2 rings (SSSR count). The average molecular weight is 321 g/mol. The predicted octanol–water partition coefficient (Wildman–Crippen LogP) is 3.10. The molecule has 0 aliphatic carbocycles. The zero-order valence-electron chi connectivity index (χ0n) is 14.1. The normalized spacial score (nSPS) is 10.1. The van der Waals surface area contributed by atoms with E-state index in [1.807, 2.05) is 0 Å². The van der Waals surface area contributed by atoms with Gasteiger partial charge in [0.1, 0.15) is 11.8 Å². The first kappa shape index (κ1) is 17.2. The van der Waals surface area contributed by atoms with Gasteiger partial charge in [-0.3, -0.25) is 4.79 Å². The van der Waals surface area contributed by atoms with Gasteiger partial charge in [0.05, 0.1) is 11.3 Å². The third-order valence-electron chi connectivity index (χ3n) is 3.98. The molecule has 0 radical (unpaired) electrons. The molecule has 0 unspecified atom stereocenters. The van der Waals surface area contributed by atoms with Crippen molar-refractivity contribution in [1.29, 1.82) is 10.7 Å². The molecular formula is C18H19N5O. The molecule has 4 N–H and O–H groups in total. The number of carbonyl (C=O) groups excluding carboxylic acids is 1. The van der Waals surface area contributed by atoms with Gasteiger partial charge >= 0.3 is 0 Å². The second kappa shape index (κ2) is 6.50. The van der Waals surface area contributed by atoms with Crippen LogP contribution in [0.15, 0.2) is 18.2 Å². The molecule has 6 nitrogen and oxygen atoms in total. The Morgan fingerprint density at radius 2 is 1.96 bits per heavy atom. The van der Waals surface area contributed by atoms with E-state index in [0.717, 1.165) is 5.56 Å². The highest BCUT2D eigenvalue weighted by Crippen LogP contribution is 2.22. The van der Waals surface area contributed by atoms with Crippen LogP contribution in [0.1, 0.15) is 45.4 Å². The Kier molecular flexibility index (Phi) is 4.65. The highest BCUT2D eigenvalue weighted by atomic mass is 16.1. The van der Waals surface area contributed by atoms with Crippen LogP contribution in [0.5, 0.6) is 0 Å². The number of nitrogens with two attached hydrogens (primary N) is 1. The number of nitrogen functional groups attached to an aromatic ring is 1. The van der Waals surface area contributed by atoms with Crippen molar-refractivity contribution >= 4 is 23.0 Å². The molecule has 0 aliphatic rings. The predicted molar refractivity (Wildman–Crippen MR) is 94.5 cm³/mol. The topological polar surface area (TPSA) is 116 Å². The van der Waals surface area contributed by atoms with Crippen LogP contribution in [-0.2, 0) is 0 Å².